The van der Waals surface area contributed by atoms with Crippen LogP contribution in [0.2, 0.25) is 0 Å². The van der Waals surface area contributed by atoms with Crippen LogP contribution in [0.4, 0.5) is 11.4 Å². The van der Waals surface area contributed by atoms with Crippen LogP contribution in [0.1, 0.15) is 73.6 Å². The van der Waals surface area contributed by atoms with E-state index >= 15 is 0 Å². The first-order valence-corrected chi connectivity index (χ1v) is 21.2. The third kappa shape index (κ3) is 20.2. The number of halogens is 1. The number of nitrogens with zero attached hydrogens (tertiary/aromatic N) is 8. The van der Waals surface area contributed by atoms with Gasteiger partial charge in [0.05, 0.1) is 55.7 Å². The summed E-state index contributed by atoms with van der Waals surface area (Å²) in [5.41, 5.74) is 7.27. The van der Waals surface area contributed by atoms with Crippen molar-refractivity contribution in [3.63, 3.8) is 0 Å². The second-order valence-corrected chi connectivity index (χ2v) is 14.0. The summed E-state index contributed by atoms with van der Waals surface area (Å²) >= 11 is 5.58. The van der Waals surface area contributed by atoms with E-state index in [0.717, 1.165) is 45.9 Å². The molecule has 1 aliphatic heterocycles. The van der Waals surface area contributed by atoms with E-state index in [9.17, 15) is 30.3 Å². The van der Waals surface area contributed by atoms with Crippen molar-refractivity contribution in [2.45, 2.75) is 79.8 Å². The molecule has 0 spiro atoms. The molecule has 23 nitrogen and oxygen atoms in total. The van der Waals surface area contributed by atoms with Crippen molar-refractivity contribution in [2.75, 3.05) is 27.9 Å². The molecule has 70 heavy (non-hydrogen) atoms. The molecule has 0 saturated heterocycles. The molecule has 0 aliphatic carbocycles. The van der Waals surface area contributed by atoms with E-state index in [1.807, 2.05) is 93.6 Å². The maximum Gasteiger partial charge on any atom is 0.373 e. The van der Waals surface area contributed by atoms with Gasteiger partial charge in [-0.3, -0.25) is 44.7 Å². The zero-order valence-electron chi connectivity index (χ0n) is 40.0. The van der Waals surface area contributed by atoms with Crippen molar-refractivity contribution in [1.29, 1.82) is 0 Å². The zero-order valence-corrected chi connectivity index (χ0v) is 40.7. The first-order valence-electron chi connectivity index (χ1n) is 20.6. The molecule has 3 aromatic carbocycles. The lowest BCUT2D eigenvalue weighted by Crippen LogP contribution is -2.06. The molecule has 0 fully saturated rings. The number of nitro groups is 3. The van der Waals surface area contributed by atoms with E-state index in [4.69, 9.17) is 54.6 Å². The lowest BCUT2D eigenvalue weighted by molar-refractivity contribution is -0.415. The van der Waals surface area contributed by atoms with E-state index in [2.05, 4.69) is 15.2 Å². The summed E-state index contributed by atoms with van der Waals surface area (Å²) in [7, 11) is 4.88. The van der Waals surface area contributed by atoms with E-state index in [1.165, 1.54) is 0 Å². The number of aliphatic imine (C=N–C) groups is 1. The number of benzene rings is 3. The van der Waals surface area contributed by atoms with Gasteiger partial charge in [0, 0.05) is 11.5 Å². The molecule has 24 heteroatoms. The molecular formula is C46H53ClN8O15. The predicted molar refractivity (Wildman–Crippen MR) is 250 cm³/mol. The summed E-state index contributed by atoms with van der Waals surface area (Å²) in [4.78, 5) is 84.3. The number of hydrogen-bond donors (Lipinski definition) is 0. The van der Waals surface area contributed by atoms with Gasteiger partial charge in [0.15, 0.2) is 0 Å². The molecule has 374 valence electrons. The highest BCUT2D eigenvalue weighted by atomic mass is 35.5. The molecule has 0 saturated carbocycles. The quantitative estimate of drug-likeness (QED) is 0.0589. The zero-order chi connectivity index (χ0) is 53.3. The standard InChI is InChI=1S/2C14H17N3O3.C8H9ClO.C7H10N2O2.3CO2/c1-4-13-14(17(18)19)10(2)16(15-13)9-11-5-7-12(20-3)8-6-11;1-4-13-14(17(18)19)10(2)15-16(13)9-11-5-7-12(20-3)8-6-11;1-10-8-4-2-7(6-9)3-5-8;1-3-6-4-8-5(2)7(6)9(10)11;3*2-1-3/h2*5-8H,4,9H2,1-3H3;2-5H,6H2,1H3;3-4H2,1-2H3;;;. The number of methoxy groups -OCH3 is 3. The molecule has 3 heterocycles. The van der Waals surface area contributed by atoms with Gasteiger partial charge in [0.25, 0.3) is 5.70 Å². The van der Waals surface area contributed by atoms with Crippen molar-refractivity contribution in [3.05, 3.63) is 154 Å². The fourth-order valence-electron chi connectivity index (χ4n) is 6.25. The van der Waals surface area contributed by atoms with Gasteiger partial charge < -0.3 is 14.2 Å². The third-order valence-corrected chi connectivity index (χ3v) is 9.88. The number of aromatic nitrogens is 4. The first-order chi connectivity index (χ1) is 33.4. The molecule has 0 amide bonds. The highest BCUT2D eigenvalue weighted by Crippen LogP contribution is 2.26. The number of hydrogen-bond acceptors (Lipinski definition) is 18. The number of allylic oxidation sites excluding steroid dienone is 1. The fourth-order valence-corrected chi connectivity index (χ4v) is 6.43. The fraction of sp³-hybridized carbons (Fsp3) is 0.348. The monoisotopic (exact) mass is 992 g/mol. The summed E-state index contributed by atoms with van der Waals surface area (Å²) in [6.45, 7) is 12.3. The SMILES string of the molecule is CCC1=C([N+](=O)[O-])C(C)=NC1.CCc1c([N+](=O)[O-])c(C)nn1Cc1ccc(OC)cc1.CCc1nn(Cc2ccc(OC)cc2)c(C)c1[N+](=O)[O-].COc1ccc(CCl)cc1.O=C=O.O=C=O.O=C=O. The number of aryl methyl sites for hydroxylation is 2. The number of rotatable bonds is 14. The van der Waals surface area contributed by atoms with Gasteiger partial charge in [-0.2, -0.15) is 39.0 Å². The molecule has 5 aromatic rings. The Morgan fingerprint density at radius 2 is 0.986 bits per heavy atom. The average Bonchev–Trinajstić information content (AvgIpc) is 4.01. The average molecular weight is 993 g/mol. The molecule has 0 atom stereocenters. The van der Waals surface area contributed by atoms with Gasteiger partial charge in [-0.05, 0) is 93.1 Å². The lowest BCUT2D eigenvalue weighted by Gasteiger charge is -2.06. The van der Waals surface area contributed by atoms with E-state index in [0.29, 0.717) is 66.8 Å². The van der Waals surface area contributed by atoms with Crippen LogP contribution in [0, 0.1) is 44.2 Å². The Morgan fingerprint density at radius 1 is 0.586 bits per heavy atom. The van der Waals surface area contributed by atoms with Crippen LogP contribution >= 0.6 is 11.6 Å². The summed E-state index contributed by atoms with van der Waals surface area (Å²) in [5, 5.41) is 41.2. The molecule has 1 aliphatic rings. The van der Waals surface area contributed by atoms with Crippen molar-refractivity contribution in [2.24, 2.45) is 4.99 Å². The Labute approximate surface area is 407 Å². The topological polar surface area (TPSA) is 308 Å². The Hall–Kier alpha value is -8.48. The van der Waals surface area contributed by atoms with Crippen LogP contribution in [-0.4, -0.2) is 86.4 Å². The van der Waals surface area contributed by atoms with Crippen LogP contribution < -0.4 is 14.2 Å². The predicted octanol–water partition coefficient (Wildman–Crippen LogP) is 7.52. The summed E-state index contributed by atoms with van der Waals surface area (Å²) in [6, 6.07) is 22.9. The van der Waals surface area contributed by atoms with Crippen LogP contribution in [0.25, 0.3) is 0 Å². The third-order valence-electron chi connectivity index (χ3n) is 9.57. The van der Waals surface area contributed by atoms with Gasteiger partial charge >= 0.3 is 29.8 Å². The van der Waals surface area contributed by atoms with Crippen LogP contribution in [0.5, 0.6) is 17.2 Å². The number of carbonyl (C=O) groups excluding carboxylic acids is 6. The molecule has 0 unspecified atom stereocenters. The van der Waals surface area contributed by atoms with Gasteiger partial charge in [0.1, 0.15) is 45.7 Å². The number of ether oxygens (including phenoxy) is 3. The Morgan fingerprint density at radius 3 is 1.29 bits per heavy atom. The highest BCUT2D eigenvalue weighted by Gasteiger charge is 2.26. The van der Waals surface area contributed by atoms with Crippen molar-refractivity contribution < 1.29 is 57.7 Å². The lowest BCUT2D eigenvalue weighted by atomic mass is 10.1. The molecule has 0 bridgehead atoms. The van der Waals surface area contributed by atoms with Gasteiger partial charge in [-0.1, -0.05) is 57.2 Å². The molecule has 6 rings (SSSR count). The Balaban J connectivity index is 0.000000885. The summed E-state index contributed by atoms with van der Waals surface area (Å²) in [5.74, 6) is 3.00. The molecule has 0 radical (unpaired) electrons. The second kappa shape index (κ2) is 33.9. The Bertz CT molecular complexity index is 2540. The van der Waals surface area contributed by atoms with E-state index in [-0.39, 0.29) is 50.3 Å². The van der Waals surface area contributed by atoms with Crippen LogP contribution in [-0.2, 0) is 60.6 Å². The minimum absolute atomic E-state index is 0.126. The Kier molecular flexibility index (Phi) is 29.8. The van der Waals surface area contributed by atoms with Crippen molar-refractivity contribution >= 4 is 47.1 Å². The largest absolute Gasteiger partial charge is 0.497 e. The summed E-state index contributed by atoms with van der Waals surface area (Å²) in [6.07, 6.45) is 2.59. The smallest absolute Gasteiger partial charge is 0.373 e. The maximum absolute atomic E-state index is 11.1. The summed E-state index contributed by atoms with van der Waals surface area (Å²) < 4.78 is 18.6. The minimum Gasteiger partial charge on any atom is -0.497 e. The van der Waals surface area contributed by atoms with E-state index < -0.39 is 0 Å². The van der Waals surface area contributed by atoms with Gasteiger partial charge in [0.2, 0.25) is 0 Å². The van der Waals surface area contributed by atoms with Crippen LogP contribution in [0.15, 0.2) is 89.1 Å². The van der Waals surface area contributed by atoms with Crippen molar-refractivity contribution in [3.8, 4) is 17.2 Å². The highest BCUT2D eigenvalue weighted by molar-refractivity contribution is 6.17. The second-order valence-electron chi connectivity index (χ2n) is 13.7. The molecule has 2 aromatic heterocycles. The molecular weight excluding hydrogens is 940 g/mol. The van der Waals surface area contributed by atoms with Gasteiger partial charge in [-0.15, -0.1) is 11.6 Å². The normalized spacial score (nSPS) is 10.4. The minimum atomic E-state index is -0.355. The van der Waals surface area contributed by atoms with E-state index in [1.54, 1.807) is 51.5 Å². The number of alkyl halides is 1. The van der Waals surface area contributed by atoms with Crippen LogP contribution in [0.3, 0.4) is 0 Å². The molecule has 0 N–H and O–H groups in total. The van der Waals surface area contributed by atoms with Crippen molar-refractivity contribution in [1.82, 2.24) is 19.6 Å². The van der Waals surface area contributed by atoms with Gasteiger partial charge in [-0.25, -0.2) is 0 Å². The first kappa shape index (κ1) is 61.5. The maximum atomic E-state index is 11.1.